The molecule has 0 aliphatic heterocycles. The number of aliphatic hydroxyl groups excluding tert-OH is 1. The molecule has 0 saturated carbocycles. The fourth-order valence-electron chi connectivity index (χ4n) is 1.18. The van der Waals surface area contributed by atoms with Gasteiger partial charge in [0, 0.05) is 5.56 Å². The Bertz CT molecular complexity index is 344. The van der Waals surface area contributed by atoms with Crippen LogP contribution in [-0.4, -0.2) is 11.2 Å². The standard InChI is InChI=1S/C10H13F2NO.ClH/c1-5-3-4-7(9(12)8(5)11)10(13)6(2)14;/h3-4,6,10,14H,13H2,1-2H3;1H/t6-,10-;/m0./s1. The van der Waals surface area contributed by atoms with Crippen LogP contribution in [0.2, 0.25) is 0 Å². The molecule has 0 unspecified atom stereocenters. The molecule has 3 N–H and O–H groups in total. The minimum absolute atomic E-state index is 0. The molecule has 2 atom stereocenters. The molecule has 1 aromatic carbocycles. The van der Waals surface area contributed by atoms with Gasteiger partial charge in [0.1, 0.15) is 0 Å². The van der Waals surface area contributed by atoms with Crippen LogP contribution in [0.4, 0.5) is 8.78 Å². The van der Waals surface area contributed by atoms with E-state index in [4.69, 9.17) is 10.8 Å². The van der Waals surface area contributed by atoms with Crippen molar-refractivity contribution in [1.82, 2.24) is 0 Å². The molecule has 86 valence electrons. The van der Waals surface area contributed by atoms with Gasteiger partial charge in [0.2, 0.25) is 0 Å². The van der Waals surface area contributed by atoms with E-state index in [9.17, 15) is 8.78 Å². The summed E-state index contributed by atoms with van der Waals surface area (Å²) in [5.74, 6) is -1.88. The Morgan fingerprint density at radius 2 is 1.80 bits per heavy atom. The molecule has 2 nitrogen and oxygen atoms in total. The molecule has 1 aromatic rings. The minimum Gasteiger partial charge on any atom is -0.391 e. The van der Waals surface area contributed by atoms with Gasteiger partial charge < -0.3 is 10.8 Å². The summed E-state index contributed by atoms with van der Waals surface area (Å²) in [6, 6.07) is 1.94. The quantitative estimate of drug-likeness (QED) is 0.827. The fourth-order valence-corrected chi connectivity index (χ4v) is 1.18. The first-order valence-corrected chi connectivity index (χ1v) is 4.33. The van der Waals surface area contributed by atoms with Gasteiger partial charge in [0.15, 0.2) is 11.6 Å². The number of hydrogen-bond donors (Lipinski definition) is 2. The third kappa shape index (κ3) is 2.87. The highest BCUT2D eigenvalue weighted by Gasteiger charge is 2.19. The number of benzene rings is 1. The highest BCUT2D eigenvalue weighted by atomic mass is 35.5. The van der Waals surface area contributed by atoms with Crippen LogP contribution < -0.4 is 5.73 Å². The zero-order valence-corrected chi connectivity index (χ0v) is 9.31. The van der Waals surface area contributed by atoms with Gasteiger partial charge in [0.25, 0.3) is 0 Å². The number of hydrogen-bond acceptors (Lipinski definition) is 2. The number of aryl methyl sites for hydroxylation is 1. The average molecular weight is 238 g/mol. The molecule has 15 heavy (non-hydrogen) atoms. The smallest absolute Gasteiger partial charge is 0.163 e. The van der Waals surface area contributed by atoms with Gasteiger partial charge >= 0.3 is 0 Å². The Balaban J connectivity index is 0.00000196. The van der Waals surface area contributed by atoms with E-state index in [1.807, 2.05) is 0 Å². The molecule has 0 aromatic heterocycles. The SMILES string of the molecule is Cc1ccc([C@@H](N)[C@H](C)O)c(F)c1F.Cl. The normalized spacial score (nSPS) is 14.3. The first-order chi connectivity index (χ1) is 6.45. The summed E-state index contributed by atoms with van der Waals surface area (Å²) in [4.78, 5) is 0. The Hall–Kier alpha value is -0.710. The van der Waals surface area contributed by atoms with Crippen LogP contribution in [0.25, 0.3) is 0 Å². The van der Waals surface area contributed by atoms with Crippen molar-refractivity contribution >= 4 is 12.4 Å². The summed E-state index contributed by atoms with van der Waals surface area (Å²) in [5.41, 5.74) is 5.73. The van der Waals surface area contributed by atoms with Gasteiger partial charge in [-0.25, -0.2) is 8.78 Å². The lowest BCUT2D eigenvalue weighted by Gasteiger charge is -2.16. The second-order valence-corrected chi connectivity index (χ2v) is 3.37. The van der Waals surface area contributed by atoms with Gasteiger partial charge in [0.05, 0.1) is 12.1 Å². The van der Waals surface area contributed by atoms with Crippen molar-refractivity contribution in [3.8, 4) is 0 Å². The first-order valence-electron chi connectivity index (χ1n) is 4.33. The molecule has 0 spiro atoms. The van der Waals surface area contributed by atoms with Crippen molar-refractivity contribution in [2.75, 3.05) is 0 Å². The molecule has 0 heterocycles. The van der Waals surface area contributed by atoms with Crippen molar-refractivity contribution < 1.29 is 13.9 Å². The van der Waals surface area contributed by atoms with E-state index >= 15 is 0 Å². The fraction of sp³-hybridized carbons (Fsp3) is 0.400. The predicted octanol–water partition coefficient (Wildman–Crippen LogP) is 2.08. The summed E-state index contributed by atoms with van der Waals surface area (Å²) in [6.07, 6.45) is -0.911. The lowest BCUT2D eigenvalue weighted by Crippen LogP contribution is -2.24. The van der Waals surface area contributed by atoms with Gasteiger partial charge in [-0.3, -0.25) is 0 Å². The van der Waals surface area contributed by atoms with Crippen molar-refractivity contribution in [3.05, 3.63) is 34.9 Å². The number of aliphatic hydroxyl groups is 1. The molecular formula is C10H14ClF2NO. The van der Waals surface area contributed by atoms with Gasteiger partial charge in [-0.15, -0.1) is 12.4 Å². The zero-order chi connectivity index (χ0) is 10.9. The topological polar surface area (TPSA) is 46.2 Å². The van der Waals surface area contributed by atoms with E-state index < -0.39 is 23.8 Å². The molecular weight excluding hydrogens is 224 g/mol. The van der Waals surface area contributed by atoms with Crippen LogP contribution in [0, 0.1) is 18.6 Å². The molecule has 0 radical (unpaired) electrons. The van der Waals surface area contributed by atoms with Crippen LogP contribution >= 0.6 is 12.4 Å². The second-order valence-electron chi connectivity index (χ2n) is 3.37. The average Bonchev–Trinajstić information content (AvgIpc) is 2.13. The molecule has 5 heteroatoms. The van der Waals surface area contributed by atoms with Gasteiger partial charge in [-0.1, -0.05) is 12.1 Å². The third-order valence-corrected chi connectivity index (χ3v) is 2.18. The van der Waals surface area contributed by atoms with E-state index in [1.54, 1.807) is 0 Å². The molecule has 0 saturated heterocycles. The largest absolute Gasteiger partial charge is 0.391 e. The predicted molar refractivity (Wildman–Crippen MR) is 57.0 cm³/mol. The molecule has 0 aliphatic rings. The number of rotatable bonds is 2. The highest BCUT2D eigenvalue weighted by Crippen LogP contribution is 2.22. The van der Waals surface area contributed by atoms with Crippen molar-refractivity contribution in [3.63, 3.8) is 0 Å². The summed E-state index contributed by atoms with van der Waals surface area (Å²) in [7, 11) is 0. The second kappa shape index (κ2) is 5.39. The number of nitrogens with two attached hydrogens (primary N) is 1. The number of halogens is 3. The lowest BCUT2D eigenvalue weighted by atomic mass is 10.0. The summed E-state index contributed by atoms with van der Waals surface area (Å²) >= 11 is 0. The first kappa shape index (κ1) is 14.3. The zero-order valence-electron chi connectivity index (χ0n) is 8.50. The van der Waals surface area contributed by atoms with Gasteiger partial charge in [-0.2, -0.15) is 0 Å². The summed E-state index contributed by atoms with van der Waals surface area (Å²) < 4.78 is 26.4. The van der Waals surface area contributed by atoms with Crippen LogP contribution in [0.5, 0.6) is 0 Å². The van der Waals surface area contributed by atoms with Crippen molar-refractivity contribution in [2.45, 2.75) is 26.0 Å². The van der Waals surface area contributed by atoms with Crippen molar-refractivity contribution in [1.29, 1.82) is 0 Å². The van der Waals surface area contributed by atoms with E-state index in [0.29, 0.717) is 0 Å². The maximum absolute atomic E-state index is 13.3. The maximum atomic E-state index is 13.3. The molecule has 0 bridgehead atoms. The monoisotopic (exact) mass is 237 g/mol. The van der Waals surface area contributed by atoms with Crippen LogP contribution in [0.15, 0.2) is 12.1 Å². The Morgan fingerprint density at radius 1 is 1.27 bits per heavy atom. The van der Waals surface area contributed by atoms with E-state index in [1.165, 1.54) is 26.0 Å². The van der Waals surface area contributed by atoms with E-state index in [2.05, 4.69) is 0 Å². The Labute approximate surface area is 93.5 Å². The van der Waals surface area contributed by atoms with Gasteiger partial charge in [-0.05, 0) is 19.4 Å². The third-order valence-electron chi connectivity index (χ3n) is 2.18. The minimum atomic E-state index is -0.974. The van der Waals surface area contributed by atoms with Crippen LogP contribution in [0.3, 0.4) is 0 Å². The Morgan fingerprint density at radius 3 is 2.27 bits per heavy atom. The summed E-state index contributed by atoms with van der Waals surface area (Å²) in [6.45, 7) is 2.90. The molecule has 1 rings (SSSR count). The molecule has 0 amide bonds. The highest BCUT2D eigenvalue weighted by molar-refractivity contribution is 5.85. The van der Waals surface area contributed by atoms with Crippen LogP contribution in [-0.2, 0) is 0 Å². The summed E-state index contributed by atoms with van der Waals surface area (Å²) in [5, 5.41) is 9.14. The van der Waals surface area contributed by atoms with Crippen molar-refractivity contribution in [2.24, 2.45) is 5.73 Å². The van der Waals surface area contributed by atoms with E-state index in [0.717, 1.165) is 0 Å². The Kier molecular flexibility index (Phi) is 5.14. The van der Waals surface area contributed by atoms with Crippen LogP contribution in [0.1, 0.15) is 24.1 Å². The molecule has 0 aliphatic carbocycles. The maximum Gasteiger partial charge on any atom is 0.163 e. The van der Waals surface area contributed by atoms with E-state index in [-0.39, 0.29) is 23.5 Å². The lowest BCUT2D eigenvalue weighted by molar-refractivity contribution is 0.162. The molecule has 0 fully saturated rings.